The number of amides is 1. The van der Waals surface area contributed by atoms with Gasteiger partial charge in [0.1, 0.15) is 10.8 Å². The molecule has 3 aromatic rings. The van der Waals surface area contributed by atoms with Crippen molar-refractivity contribution in [3.63, 3.8) is 0 Å². The van der Waals surface area contributed by atoms with Crippen LogP contribution in [-0.4, -0.2) is 22.2 Å². The monoisotopic (exact) mass is 407 g/mol. The number of carbonyl (C=O) groups is 1. The number of nitrogens with one attached hydrogen (secondary N) is 1. The van der Waals surface area contributed by atoms with Crippen LogP contribution in [0.5, 0.6) is 5.75 Å². The first kappa shape index (κ1) is 18.6. The molecule has 0 aliphatic carbocycles. The molecule has 0 spiro atoms. The van der Waals surface area contributed by atoms with Gasteiger partial charge < -0.3 is 4.74 Å². The Morgan fingerprint density at radius 2 is 1.69 bits per heavy atom. The van der Waals surface area contributed by atoms with Gasteiger partial charge in [-0.2, -0.15) is 0 Å². The first-order valence-corrected chi connectivity index (χ1v) is 9.45. The maximum absolute atomic E-state index is 12.5. The van der Waals surface area contributed by atoms with Gasteiger partial charge in [0.15, 0.2) is 6.10 Å². The summed E-state index contributed by atoms with van der Waals surface area (Å²) in [5, 5.41) is 13.3. The number of ether oxygens (including phenoxy) is 1. The van der Waals surface area contributed by atoms with Gasteiger partial charge in [-0.1, -0.05) is 53.6 Å². The van der Waals surface area contributed by atoms with Gasteiger partial charge >= 0.3 is 0 Å². The van der Waals surface area contributed by atoms with Crippen LogP contribution in [0.4, 0.5) is 5.13 Å². The van der Waals surface area contributed by atoms with Gasteiger partial charge in [0.2, 0.25) is 5.13 Å². The van der Waals surface area contributed by atoms with E-state index in [0.717, 1.165) is 5.56 Å². The van der Waals surface area contributed by atoms with Crippen molar-refractivity contribution in [2.45, 2.75) is 19.4 Å². The number of nitrogens with zero attached hydrogens (tertiary/aromatic N) is 2. The highest BCUT2D eigenvalue weighted by Crippen LogP contribution is 2.27. The van der Waals surface area contributed by atoms with Crippen molar-refractivity contribution in [3.05, 3.63) is 58.6 Å². The molecular weight excluding hydrogens is 393 g/mol. The summed E-state index contributed by atoms with van der Waals surface area (Å²) in [5.74, 6) is 0.303. The second kappa shape index (κ2) is 8.49. The molecule has 134 valence electrons. The largest absolute Gasteiger partial charge is 0.481 e. The summed E-state index contributed by atoms with van der Waals surface area (Å²) >= 11 is 13.0. The molecule has 1 amide bonds. The predicted octanol–water partition coefficient (Wildman–Crippen LogP) is 5.31. The third-order valence-electron chi connectivity index (χ3n) is 3.50. The Bertz CT molecular complexity index is 882. The van der Waals surface area contributed by atoms with Crippen molar-refractivity contribution in [2.75, 3.05) is 5.32 Å². The number of carbonyl (C=O) groups excluding carboxylic acids is 1. The number of hydrogen-bond donors (Lipinski definition) is 1. The molecule has 0 aliphatic rings. The first-order chi connectivity index (χ1) is 12.5. The summed E-state index contributed by atoms with van der Waals surface area (Å²) in [6.45, 7) is 1.87. The topological polar surface area (TPSA) is 64.1 Å². The van der Waals surface area contributed by atoms with Crippen LogP contribution in [-0.2, 0) is 4.79 Å². The summed E-state index contributed by atoms with van der Waals surface area (Å²) in [4.78, 5) is 12.5. The average Bonchev–Trinajstić information content (AvgIpc) is 3.10. The third-order valence-corrected chi connectivity index (χ3v) is 4.89. The number of benzene rings is 2. The van der Waals surface area contributed by atoms with E-state index in [1.54, 1.807) is 36.4 Å². The summed E-state index contributed by atoms with van der Waals surface area (Å²) in [6.07, 6.45) is -0.129. The number of halogens is 2. The van der Waals surface area contributed by atoms with E-state index in [1.165, 1.54) is 11.3 Å². The van der Waals surface area contributed by atoms with E-state index in [0.29, 0.717) is 32.4 Å². The summed E-state index contributed by atoms with van der Waals surface area (Å²) in [5.41, 5.74) is 0.886. The Morgan fingerprint density at radius 3 is 2.31 bits per heavy atom. The fourth-order valence-corrected chi connectivity index (χ4v) is 3.17. The van der Waals surface area contributed by atoms with Crippen LogP contribution < -0.4 is 10.1 Å². The fourth-order valence-electron chi connectivity index (χ4n) is 2.17. The highest BCUT2D eigenvalue weighted by molar-refractivity contribution is 7.18. The molecular formula is C18H15Cl2N3O2S. The Balaban J connectivity index is 1.66. The van der Waals surface area contributed by atoms with E-state index < -0.39 is 6.10 Å². The van der Waals surface area contributed by atoms with E-state index in [4.69, 9.17) is 27.9 Å². The molecule has 0 saturated heterocycles. The standard InChI is InChI=1S/C18H15Cl2N3O2S/c1-2-15(25-14-9-7-13(20)8-10-14)16(24)21-18-23-22-17(26-18)11-3-5-12(19)6-4-11/h3-10,15H,2H2,1H3,(H,21,23,24). The zero-order valence-corrected chi connectivity index (χ0v) is 16.1. The van der Waals surface area contributed by atoms with Gasteiger partial charge in [-0.3, -0.25) is 10.1 Å². The van der Waals surface area contributed by atoms with Gasteiger partial charge in [-0.25, -0.2) is 0 Å². The Hall–Kier alpha value is -2.15. The van der Waals surface area contributed by atoms with Crippen LogP contribution in [0.15, 0.2) is 48.5 Å². The van der Waals surface area contributed by atoms with E-state index in [1.807, 2.05) is 19.1 Å². The number of rotatable bonds is 6. The molecule has 1 heterocycles. The molecule has 0 radical (unpaired) electrons. The molecule has 1 atom stereocenters. The minimum Gasteiger partial charge on any atom is -0.481 e. The second-order valence-corrected chi connectivity index (χ2v) is 7.23. The molecule has 8 heteroatoms. The van der Waals surface area contributed by atoms with Gasteiger partial charge in [-0.15, -0.1) is 10.2 Å². The average molecular weight is 408 g/mol. The zero-order valence-electron chi connectivity index (χ0n) is 13.8. The molecule has 0 aliphatic heterocycles. The third kappa shape index (κ3) is 4.72. The second-order valence-electron chi connectivity index (χ2n) is 5.38. The number of aromatic nitrogens is 2. The lowest BCUT2D eigenvalue weighted by Crippen LogP contribution is -2.32. The molecule has 0 fully saturated rings. The lowest BCUT2D eigenvalue weighted by molar-refractivity contribution is -0.122. The highest BCUT2D eigenvalue weighted by Gasteiger charge is 2.20. The Morgan fingerprint density at radius 1 is 1.08 bits per heavy atom. The maximum Gasteiger partial charge on any atom is 0.267 e. The van der Waals surface area contributed by atoms with Crippen LogP contribution in [0, 0.1) is 0 Å². The van der Waals surface area contributed by atoms with Crippen LogP contribution in [0.2, 0.25) is 10.0 Å². The first-order valence-electron chi connectivity index (χ1n) is 7.87. The Kier molecular flexibility index (Phi) is 6.08. The van der Waals surface area contributed by atoms with E-state index >= 15 is 0 Å². The minimum absolute atomic E-state index is 0.277. The van der Waals surface area contributed by atoms with Crippen molar-refractivity contribution < 1.29 is 9.53 Å². The van der Waals surface area contributed by atoms with Crippen molar-refractivity contribution in [1.82, 2.24) is 10.2 Å². The zero-order chi connectivity index (χ0) is 18.5. The molecule has 1 N–H and O–H groups in total. The lowest BCUT2D eigenvalue weighted by Gasteiger charge is -2.16. The molecule has 1 aromatic heterocycles. The molecule has 0 saturated carbocycles. The van der Waals surface area contributed by atoms with Gasteiger partial charge in [0.25, 0.3) is 5.91 Å². The van der Waals surface area contributed by atoms with Gasteiger partial charge in [0, 0.05) is 15.6 Å². The van der Waals surface area contributed by atoms with Crippen LogP contribution in [0.1, 0.15) is 13.3 Å². The molecule has 5 nitrogen and oxygen atoms in total. The van der Waals surface area contributed by atoms with Crippen LogP contribution in [0.25, 0.3) is 10.6 Å². The minimum atomic E-state index is -0.640. The Labute approximate surface area is 164 Å². The quantitative estimate of drug-likeness (QED) is 0.601. The molecule has 1 unspecified atom stereocenters. The van der Waals surface area contributed by atoms with E-state index in [9.17, 15) is 4.79 Å². The number of hydrogen-bond acceptors (Lipinski definition) is 5. The molecule has 0 bridgehead atoms. The number of anilines is 1. The van der Waals surface area contributed by atoms with Crippen LogP contribution in [0.3, 0.4) is 0 Å². The van der Waals surface area contributed by atoms with Crippen LogP contribution >= 0.6 is 34.5 Å². The predicted molar refractivity (Wildman–Crippen MR) is 105 cm³/mol. The van der Waals surface area contributed by atoms with E-state index in [-0.39, 0.29) is 5.91 Å². The SMILES string of the molecule is CCC(Oc1ccc(Cl)cc1)C(=O)Nc1nnc(-c2ccc(Cl)cc2)s1. The molecule has 2 aromatic carbocycles. The fraction of sp³-hybridized carbons (Fsp3) is 0.167. The molecule has 3 rings (SSSR count). The van der Waals surface area contributed by atoms with Crippen molar-refractivity contribution in [2.24, 2.45) is 0 Å². The van der Waals surface area contributed by atoms with Crippen molar-refractivity contribution in [3.8, 4) is 16.3 Å². The lowest BCUT2D eigenvalue weighted by atomic mass is 10.2. The summed E-state index contributed by atoms with van der Waals surface area (Å²) < 4.78 is 5.73. The molecule has 26 heavy (non-hydrogen) atoms. The van der Waals surface area contributed by atoms with Gasteiger partial charge in [0.05, 0.1) is 0 Å². The smallest absolute Gasteiger partial charge is 0.267 e. The maximum atomic E-state index is 12.5. The normalized spacial score (nSPS) is 11.8. The van der Waals surface area contributed by atoms with E-state index in [2.05, 4.69) is 15.5 Å². The van der Waals surface area contributed by atoms with Crippen molar-refractivity contribution in [1.29, 1.82) is 0 Å². The van der Waals surface area contributed by atoms with Crippen molar-refractivity contribution >= 4 is 45.6 Å². The summed E-state index contributed by atoms with van der Waals surface area (Å²) in [7, 11) is 0. The highest BCUT2D eigenvalue weighted by atomic mass is 35.5. The summed E-state index contributed by atoms with van der Waals surface area (Å²) in [6, 6.07) is 14.1. The van der Waals surface area contributed by atoms with Gasteiger partial charge in [-0.05, 0) is 42.8 Å².